The lowest BCUT2D eigenvalue weighted by Crippen LogP contribution is -1.63. The fraction of sp³-hybridized carbons (Fsp3) is 0. The molecule has 0 aliphatic rings. The zero-order valence-electron chi connectivity index (χ0n) is 4.69. The molecular weight excluding hydrogens is 91.1 g/mol. The first-order valence-electron chi connectivity index (χ1n) is 2.51. The van der Waals surface area contributed by atoms with E-state index in [4.69, 9.17) is 1.37 Å². The minimum absolute atomic E-state index is 0.213. The first-order valence-corrected chi connectivity index (χ1v) is 2.01. The second-order valence-corrected chi connectivity index (χ2v) is 1.22. The maximum Gasteiger partial charge on any atom is 0.123 e. The van der Waals surface area contributed by atoms with Crippen molar-refractivity contribution >= 4 is 0 Å². The Morgan fingerprint density at radius 1 is 1.43 bits per heavy atom. The standard InChI is InChI=1S/C6H5F/c7-6-4-2-1-3-5-6/h1-5H/i2D. The molecule has 0 unspecified atom stereocenters. The zero-order chi connectivity index (χ0) is 5.98. The number of halogens is 1. The molecule has 0 aliphatic heterocycles. The van der Waals surface area contributed by atoms with Crippen LogP contribution in [0, 0.1) is 5.82 Å². The van der Waals surface area contributed by atoms with Crippen LogP contribution in [-0.2, 0) is 0 Å². The van der Waals surface area contributed by atoms with Crippen LogP contribution < -0.4 is 0 Å². The van der Waals surface area contributed by atoms with Crippen molar-refractivity contribution < 1.29 is 5.76 Å². The Bertz CT molecular complexity index is 168. The first kappa shape index (κ1) is 3.19. The van der Waals surface area contributed by atoms with Crippen LogP contribution in [0.1, 0.15) is 1.37 Å². The van der Waals surface area contributed by atoms with Crippen LogP contribution in [0.2, 0.25) is 0 Å². The highest BCUT2D eigenvalue weighted by Gasteiger charge is 1.77. The van der Waals surface area contributed by atoms with Crippen LogP contribution in [0.4, 0.5) is 4.39 Å². The molecule has 0 heterocycles. The predicted molar refractivity (Wildman–Crippen MR) is 26.4 cm³/mol. The van der Waals surface area contributed by atoms with Gasteiger partial charge in [0.05, 0.1) is 1.37 Å². The molecule has 0 fully saturated rings. The average molecular weight is 97.1 g/mol. The van der Waals surface area contributed by atoms with Crippen molar-refractivity contribution in [3.05, 3.63) is 36.1 Å². The van der Waals surface area contributed by atoms with Gasteiger partial charge in [-0.15, -0.1) is 0 Å². The fourth-order valence-electron chi connectivity index (χ4n) is 0.371. The monoisotopic (exact) mass is 97.0 g/mol. The van der Waals surface area contributed by atoms with Crippen LogP contribution in [0.25, 0.3) is 0 Å². The number of hydrogen-bond donors (Lipinski definition) is 0. The van der Waals surface area contributed by atoms with Crippen LogP contribution >= 0.6 is 0 Å². The third-order valence-electron chi connectivity index (χ3n) is 0.669. The molecule has 1 heteroatoms. The Hall–Kier alpha value is -0.850. The quantitative estimate of drug-likeness (QED) is 0.463. The van der Waals surface area contributed by atoms with E-state index in [1.165, 1.54) is 24.3 Å². The Morgan fingerprint density at radius 3 is 2.71 bits per heavy atom. The molecule has 1 aromatic rings. The molecule has 1 rings (SSSR count). The van der Waals surface area contributed by atoms with Crippen molar-refractivity contribution in [2.75, 3.05) is 0 Å². The molecule has 0 N–H and O–H groups in total. The molecule has 0 amide bonds. The highest BCUT2D eigenvalue weighted by atomic mass is 19.1. The molecule has 0 atom stereocenters. The van der Waals surface area contributed by atoms with Gasteiger partial charge >= 0.3 is 0 Å². The molecule has 0 spiro atoms. The van der Waals surface area contributed by atoms with E-state index in [9.17, 15) is 4.39 Å². The van der Waals surface area contributed by atoms with E-state index >= 15 is 0 Å². The van der Waals surface area contributed by atoms with E-state index in [0.717, 1.165) is 0 Å². The second kappa shape index (κ2) is 1.73. The van der Waals surface area contributed by atoms with Crippen molar-refractivity contribution in [2.45, 2.75) is 0 Å². The molecular formula is C6H5F. The summed E-state index contributed by atoms with van der Waals surface area (Å²) in [5.41, 5.74) is 0. The number of benzene rings is 1. The Labute approximate surface area is 43.0 Å². The summed E-state index contributed by atoms with van der Waals surface area (Å²) in [6, 6.07) is 5.74. The number of rotatable bonds is 0. The van der Waals surface area contributed by atoms with Gasteiger partial charge in [-0.2, -0.15) is 0 Å². The molecule has 0 aromatic heterocycles. The summed E-state index contributed by atoms with van der Waals surface area (Å²) in [6.07, 6.45) is 0. The van der Waals surface area contributed by atoms with Crippen LogP contribution in [0.5, 0.6) is 0 Å². The molecule has 36 valence electrons. The summed E-state index contributed by atoms with van der Waals surface area (Å²) in [7, 11) is 0. The van der Waals surface area contributed by atoms with Gasteiger partial charge in [-0.3, -0.25) is 0 Å². The topological polar surface area (TPSA) is 0 Å². The largest absolute Gasteiger partial charge is 0.207 e. The predicted octanol–water partition coefficient (Wildman–Crippen LogP) is 1.83. The number of hydrogen-bond acceptors (Lipinski definition) is 0. The van der Waals surface area contributed by atoms with Crippen LogP contribution in [-0.4, -0.2) is 0 Å². The zero-order valence-corrected chi connectivity index (χ0v) is 3.69. The minimum Gasteiger partial charge on any atom is -0.207 e. The average Bonchev–Trinajstić information content (AvgIpc) is 1.64. The second-order valence-electron chi connectivity index (χ2n) is 1.22. The van der Waals surface area contributed by atoms with Crippen molar-refractivity contribution in [2.24, 2.45) is 0 Å². The van der Waals surface area contributed by atoms with Gasteiger partial charge < -0.3 is 0 Å². The normalized spacial score (nSPS) is 10.7. The minimum atomic E-state index is -0.350. The van der Waals surface area contributed by atoms with Crippen molar-refractivity contribution in [3.8, 4) is 0 Å². The maximum absolute atomic E-state index is 12.0. The summed E-state index contributed by atoms with van der Waals surface area (Å²) in [5, 5.41) is 0. The lowest BCUT2D eigenvalue weighted by Gasteiger charge is -1.78. The Morgan fingerprint density at radius 2 is 2.29 bits per heavy atom. The van der Waals surface area contributed by atoms with Gasteiger partial charge in [0.15, 0.2) is 0 Å². The van der Waals surface area contributed by atoms with E-state index in [2.05, 4.69) is 0 Å². The highest BCUT2D eigenvalue weighted by Crippen LogP contribution is 1.91. The molecule has 7 heavy (non-hydrogen) atoms. The van der Waals surface area contributed by atoms with Crippen LogP contribution in [0.3, 0.4) is 0 Å². The van der Waals surface area contributed by atoms with Gasteiger partial charge in [-0.05, 0) is 12.1 Å². The van der Waals surface area contributed by atoms with Gasteiger partial charge in [0.1, 0.15) is 5.82 Å². The summed E-state index contributed by atoms with van der Waals surface area (Å²) in [4.78, 5) is 0. The maximum atomic E-state index is 12.0. The van der Waals surface area contributed by atoms with Gasteiger partial charge in [0, 0.05) is 0 Å². The van der Waals surface area contributed by atoms with Crippen LogP contribution in [0.15, 0.2) is 30.3 Å². The lowest BCUT2D eigenvalue weighted by molar-refractivity contribution is 0.628. The van der Waals surface area contributed by atoms with E-state index in [1.54, 1.807) is 0 Å². The van der Waals surface area contributed by atoms with Gasteiger partial charge in [-0.25, -0.2) is 4.39 Å². The van der Waals surface area contributed by atoms with E-state index in [0.29, 0.717) is 0 Å². The van der Waals surface area contributed by atoms with E-state index < -0.39 is 0 Å². The fourth-order valence-corrected chi connectivity index (χ4v) is 0.371. The van der Waals surface area contributed by atoms with Gasteiger partial charge in [0.25, 0.3) is 0 Å². The van der Waals surface area contributed by atoms with Crippen molar-refractivity contribution in [3.63, 3.8) is 0 Å². The first-order chi connectivity index (χ1) is 3.79. The van der Waals surface area contributed by atoms with E-state index in [-0.39, 0.29) is 11.9 Å². The third kappa shape index (κ3) is 1.000. The summed E-state index contributed by atoms with van der Waals surface area (Å²) in [6.45, 7) is 0. The van der Waals surface area contributed by atoms with Crippen molar-refractivity contribution in [1.29, 1.82) is 0 Å². The van der Waals surface area contributed by atoms with Gasteiger partial charge in [-0.1, -0.05) is 18.2 Å². The molecule has 1 aromatic carbocycles. The lowest BCUT2D eigenvalue weighted by atomic mass is 10.4. The molecule has 0 bridgehead atoms. The molecule has 0 radical (unpaired) electrons. The van der Waals surface area contributed by atoms with Gasteiger partial charge in [0.2, 0.25) is 0 Å². The summed E-state index contributed by atoms with van der Waals surface area (Å²) in [5.74, 6) is -0.350. The third-order valence-corrected chi connectivity index (χ3v) is 0.669. The molecule has 0 nitrogen and oxygen atoms in total. The molecule has 0 aliphatic carbocycles. The smallest absolute Gasteiger partial charge is 0.123 e. The Kier molecular flexibility index (Phi) is 0.791. The SMILES string of the molecule is [2H]c1cccc(F)c1. The Balaban J connectivity index is 3.08. The molecule has 0 saturated heterocycles. The summed E-state index contributed by atoms with van der Waals surface area (Å²) >= 11 is 0. The van der Waals surface area contributed by atoms with Crippen molar-refractivity contribution in [1.82, 2.24) is 0 Å². The summed E-state index contributed by atoms with van der Waals surface area (Å²) < 4.78 is 18.9. The molecule has 0 saturated carbocycles. The highest BCUT2D eigenvalue weighted by molar-refractivity contribution is 5.02. The van der Waals surface area contributed by atoms with E-state index in [1.807, 2.05) is 0 Å².